The number of hydrogen-bond acceptors (Lipinski definition) is 1. The van der Waals surface area contributed by atoms with Crippen molar-refractivity contribution in [3.8, 4) is 0 Å². The second kappa shape index (κ2) is 4.23. The minimum Gasteiger partial charge on any atom is -0.261 e. The summed E-state index contributed by atoms with van der Waals surface area (Å²) in [5.74, 6) is 0. The van der Waals surface area contributed by atoms with Crippen LogP contribution in [0.25, 0.3) is 0 Å². The molecule has 10 heavy (non-hydrogen) atoms. The van der Waals surface area contributed by atoms with E-state index in [9.17, 15) is 0 Å². The van der Waals surface area contributed by atoms with E-state index in [1.54, 1.807) is 0 Å². The molecule has 1 heterocycles. The zero-order chi connectivity index (χ0) is 7.23. The van der Waals surface area contributed by atoms with Crippen LogP contribution in [0.15, 0.2) is 24.4 Å². The van der Waals surface area contributed by atoms with Gasteiger partial charge >= 0.3 is 0 Å². The molecule has 0 aliphatic rings. The highest BCUT2D eigenvalue weighted by Gasteiger charge is 1.89. The summed E-state index contributed by atoms with van der Waals surface area (Å²) in [4.78, 5) is 4.19. The highest BCUT2D eigenvalue weighted by Crippen LogP contribution is 1.98. The van der Waals surface area contributed by atoms with Gasteiger partial charge < -0.3 is 0 Å². The Labute approximate surface area is 64.9 Å². The molecule has 0 amide bonds. The second-order valence-electron chi connectivity index (χ2n) is 2.17. The lowest BCUT2D eigenvalue weighted by Crippen LogP contribution is -1.87. The number of nitrogens with zero attached hydrogens (tertiary/aromatic N) is 1. The van der Waals surface area contributed by atoms with Gasteiger partial charge in [0.25, 0.3) is 0 Å². The summed E-state index contributed by atoms with van der Waals surface area (Å²) in [7, 11) is 3.42. The van der Waals surface area contributed by atoms with E-state index >= 15 is 0 Å². The van der Waals surface area contributed by atoms with Crippen LogP contribution < -0.4 is 0 Å². The predicted octanol–water partition coefficient (Wildman–Crippen LogP) is 1.60. The molecule has 1 nitrogen and oxygen atoms in total. The topological polar surface area (TPSA) is 12.9 Å². The van der Waals surface area contributed by atoms with Crippen molar-refractivity contribution in [1.29, 1.82) is 0 Å². The van der Waals surface area contributed by atoms with Crippen molar-refractivity contribution < 1.29 is 0 Å². The average Bonchev–Trinajstić information content (AvgIpc) is 2.03. The Kier molecular flexibility index (Phi) is 3.16. The van der Waals surface area contributed by atoms with Crippen molar-refractivity contribution in [2.75, 3.05) is 0 Å². The molecule has 0 bridgehead atoms. The van der Waals surface area contributed by atoms with E-state index < -0.39 is 0 Å². The van der Waals surface area contributed by atoms with Crippen LogP contribution in [-0.4, -0.2) is 15.2 Å². The minimum atomic E-state index is 1.05. The van der Waals surface area contributed by atoms with E-state index in [4.69, 9.17) is 0 Å². The highest BCUT2D eigenvalue weighted by atomic mass is 28.1. The number of pyridine rings is 1. The largest absolute Gasteiger partial charge is 0.261 e. The van der Waals surface area contributed by atoms with Crippen molar-refractivity contribution in [3.63, 3.8) is 0 Å². The molecule has 0 atom stereocenters. The number of hydrogen-bond donors (Lipinski definition) is 0. The molecule has 0 aliphatic carbocycles. The maximum atomic E-state index is 4.19. The summed E-state index contributed by atoms with van der Waals surface area (Å²) in [6.45, 7) is 0. The van der Waals surface area contributed by atoms with Gasteiger partial charge in [0.2, 0.25) is 0 Å². The summed E-state index contributed by atoms with van der Waals surface area (Å²) in [5, 5.41) is 0. The molecule has 0 N–H and O–H groups in total. The molecular formula is C8H10NSi. The number of rotatable bonds is 3. The second-order valence-corrected chi connectivity index (χ2v) is 2.67. The lowest BCUT2D eigenvalue weighted by atomic mass is 10.2. The van der Waals surface area contributed by atoms with E-state index in [2.05, 4.69) is 21.3 Å². The van der Waals surface area contributed by atoms with Gasteiger partial charge in [-0.2, -0.15) is 0 Å². The van der Waals surface area contributed by atoms with E-state index in [0.717, 1.165) is 18.9 Å². The standard InChI is InChI=1S/C8H10NSi/c10-7-3-5-8-4-1-2-6-9-8/h1-2,4,6H,3,5,7H2. The lowest BCUT2D eigenvalue weighted by molar-refractivity contribution is 0.881. The molecule has 2 heteroatoms. The molecule has 1 aromatic heterocycles. The SMILES string of the molecule is [Si]CCCc1ccccn1. The highest BCUT2D eigenvalue weighted by molar-refractivity contribution is 6.08. The summed E-state index contributed by atoms with van der Waals surface area (Å²) in [6, 6.07) is 7.08. The first-order valence-electron chi connectivity index (χ1n) is 3.48. The van der Waals surface area contributed by atoms with Crippen LogP contribution >= 0.6 is 0 Å². The fourth-order valence-corrected chi connectivity index (χ4v) is 0.992. The van der Waals surface area contributed by atoms with Crippen LogP contribution in [0.2, 0.25) is 6.04 Å². The minimum absolute atomic E-state index is 1.05. The summed E-state index contributed by atoms with van der Waals surface area (Å²) >= 11 is 0. The molecule has 0 fully saturated rings. The Morgan fingerprint density at radius 3 is 2.90 bits per heavy atom. The third-order valence-corrected chi connectivity index (χ3v) is 1.69. The molecule has 0 saturated heterocycles. The van der Waals surface area contributed by atoms with Crippen molar-refractivity contribution in [1.82, 2.24) is 4.98 Å². The van der Waals surface area contributed by atoms with Gasteiger partial charge in [-0.05, 0) is 18.6 Å². The molecule has 0 saturated carbocycles. The van der Waals surface area contributed by atoms with Crippen LogP contribution in [-0.2, 0) is 6.42 Å². The van der Waals surface area contributed by atoms with Crippen molar-refractivity contribution in [3.05, 3.63) is 30.1 Å². The molecular weight excluding hydrogens is 138 g/mol. The van der Waals surface area contributed by atoms with Gasteiger partial charge in [0.05, 0.1) is 0 Å². The first kappa shape index (κ1) is 7.47. The van der Waals surface area contributed by atoms with E-state index in [0.29, 0.717) is 0 Å². The van der Waals surface area contributed by atoms with Crippen molar-refractivity contribution in [2.45, 2.75) is 18.9 Å². The Hall–Kier alpha value is -0.633. The Morgan fingerprint density at radius 1 is 1.40 bits per heavy atom. The molecule has 0 spiro atoms. The van der Waals surface area contributed by atoms with Gasteiger partial charge in [-0.3, -0.25) is 4.98 Å². The van der Waals surface area contributed by atoms with Crippen LogP contribution in [0.4, 0.5) is 0 Å². The van der Waals surface area contributed by atoms with E-state index in [-0.39, 0.29) is 0 Å². The van der Waals surface area contributed by atoms with Crippen LogP contribution in [0, 0.1) is 0 Å². The van der Waals surface area contributed by atoms with Gasteiger partial charge in [0.1, 0.15) is 0 Å². The molecule has 0 aromatic carbocycles. The van der Waals surface area contributed by atoms with E-state index in [1.165, 1.54) is 5.69 Å². The van der Waals surface area contributed by atoms with Gasteiger partial charge in [-0.15, -0.1) is 0 Å². The number of aromatic nitrogens is 1. The normalized spacial score (nSPS) is 9.70. The third-order valence-electron chi connectivity index (χ3n) is 1.34. The Bertz CT molecular complexity index is 174. The van der Waals surface area contributed by atoms with Crippen LogP contribution in [0.5, 0.6) is 0 Å². The van der Waals surface area contributed by atoms with Crippen LogP contribution in [0.3, 0.4) is 0 Å². The first-order chi connectivity index (χ1) is 4.93. The van der Waals surface area contributed by atoms with Crippen molar-refractivity contribution in [2.24, 2.45) is 0 Å². The number of aryl methyl sites for hydroxylation is 1. The Balaban J connectivity index is 2.43. The molecule has 3 radical (unpaired) electrons. The lowest BCUT2D eigenvalue weighted by Gasteiger charge is -1.95. The first-order valence-corrected chi connectivity index (χ1v) is 4.18. The van der Waals surface area contributed by atoms with E-state index in [1.807, 2.05) is 18.3 Å². The third kappa shape index (κ3) is 2.31. The summed E-state index contributed by atoms with van der Waals surface area (Å²) in [5.41, 5.74) is 1.18. The van der Waals surface area contributed by atoms with Gasteiger partial charge in [-0.25, -0.2) is 0 Å². The molecule has 51 valence electrons. The predicted molar refractivity (Wildman–Crippen MR) is 43.1 cm³/mol. The Morgan fingerprint density at radius 2 is 2.30 bits per heavy atom. The molecule has 1 rings (SSSR count). The monoisotopic (exact) mass is 148 g/mol. The quantitative estimate of drug-likeness (QED) is 0.593. The summed E-state index contributed by atoms with van der Waals surface area (Å²) in [6.07, 6.45) is 4.07. The smallest absolute Gasteiger partial charge is 0.0403 e. The fourth-order valence-electron chi connectivity index (χ4n) is 0.816. The molecule has 0 aliphatic heterocycles. The fraction of sp³-hybridized carbons (Fsp3) is 0.375. The average molecular weight is 148 g/mol. The van der Waals surface area contributed by atoms with Crippen molar-refractivity contribution >= 4 is 10.2 Å². The maximum absolute atomic E-state index is 4.19. The zero-order valence-electron chi connectivity index (χ0n) is 5.88. The maximum Gasteiger partial charge on any atom is 0.0403 e. The molecule has 1 aromatic rings. The van der Waals surface area contributed by atoms with Gasteiger partial charge in [0, 0.05) is 22.1 Å². The zero-order valence-corrected chi connectivity index (χ0v) is 6.88. The van der Waals surface area contributed by atoms with Gasteiger partial charge in [-0.1, -0.05) is 18.5 Å². The van der Waals surface area contributed by atoms with Crippen LogP contribution in [0.1, 0.15) is 12.1 Å². The van der Waals surface area contributed by atoms with Gasteiger partial charge in [0.15, 0.2) is 0 Å². The molecule has 0 unspecified atom stereocenters. The summed E-state index contributed by atoms with van der Waals surface area (Å²) < 4.78 is 0.